The second-order valence-corrected chi connectivity index (χ2v) is 10.9. The minimum atomic E-state index is -3.03. The Morgan fingerprint density at radius 3 is 2.43 bits per heavy atom. The van der Waals surface area contributed by atoms with E-state index >= 15 is 0 Å². The van der Waals surface area contributed by atoms with E-state index in [2.05, 4.69) is 10.2 Å². The van der Waals surface area contributed by atoms with Crippen LogP contribution in [0.4, 0.5) is 0 Å². The van der Waals surface area contributed by atoms with Gasteiger partial charge in [0.25, 0.3) is 0 Å². The maximum absolute atomic E-state index is 13.3. The predicted octanol–water partition coefficient (Wildman–Crippen LogP) is 1.33. The average Bonchev–Trinajstić information content (AvgIpc) is 3.02. The molecule has 8 heteroatoms. The molecule has 0 spiro atoms. The van der Waals surface area contributed by atoms with Gasteiger partial charge < -0.3 is 10.2 Å². The quantitative estimate of drug-likeness (QED) is 0.710. The van der Waals surface area contributed by atoms with Gasteiger partial charge in [0.1, 0.15) is 0 Å². The van der Waals surface area contributed by atoms with Crippen LogP contribution in [0.15, 0.2) is 0 Å². The highest BCUT2D eigenvalue weighted by atomic mass is 32.2. The first kappa shape index (κ1) is 21.6. The van der Waals surface area contributed by atoms with Gasteiger partial charge in [-0.3, -0.25) is 14.5 Å². The molecule has 28 heavy (non-hydrogen) atoms. The zero-order valence-corrected chi connectivity index (χ0v) is 17.9. The third kappa shape index (κ3) is 5.69. The molecule has 7 nitrogen and oxygen atoms in total. The van der Waals surface area contributed by atoms with Crippen LogP contribution in [-0.2, 0) is 19.4 Å². The van der Waals surface area contributed by atoms with Gasteiger partial charge in [-0.25, -0.2) is 8.42 Å². The van der Waals surface area contributed by atoms with E-state index < -0.39 is 9.84 Å². The van der Waals surface area contributed by atoms with Crippen LogP contribution in [0.1, 0.15) is 64.7 Å². The van der Waals surface area contributed by atoms with Crippen molar-refractivity contribution >= 4 is 21.7 Å². The van der Waals surface area contributed by atoms with Gasteiger partial charge >= 0.3 is 0 Å². The van der Waals surface area contributed by atoms with Crippen LogP contribution in [0.2, 0.25) is 0 Å². The van der Waals surface area contributed by atoms with Gasteiger partial charge in [-0.1, -0.05) is 26.2 Å². The number of carbonyl (C=O) groups excluding carboxylic acids is 2. The van der Waals surface area contributed by atoms with Crippen LogP contribution in [0.5, 0.6) is 0 Å². The van der Waals surface area contributed by atoms with Crippen molar-refractivity contribution in [3.63, 3.8) is 0 Å². The lowest BCUT2D eigenvalue weighted by molar-refractivity contribution is -0.138. The number of nitrogens with zero attached hydrogens (tertiary/aromatic N) is 2. The molecule has 1 N–H and O–H groups in total. The molecule has 0 radical (unpaired) electrons. The number of likely N-dealkylation sites (tertiary alicyclic amines) is 1. The average molecular weight is 414 g/mol. The number of nitrogens with one attached hydrogen (secondary N) is 1. The Labute approximate surface area is 169 Å². The first-order valence-electron chi connectivity index (χ1n) is 10.9. The SMILES string of the molecule is CCC(=O)NC1CCCN(CC(=O)N(C2CCCCC2)C2CCS(=O)(=O)C2)C1. The Hall–Kier alpha value is -1.15. The van der Waals surface area contributed by atoms with Gasteiger partial charge in [0.05, 0.1) is 18.1 Å². The summed E-state index contributed by atoms with van der Waals surface area (Å²) in [7, 11) is -3.03. The van der Waals surface area contributed by atoms with E-state index in [0.717, 1.165) is 45.1 Å². The van der Waals surface area contributed by atoms with Crippen molar-refractivity contribution in [2.75, 3.05) is 31.1 Å². The molecule has 1 aliphatic carbocycles. The fraction of sp³-hybridized carbons (Fsp3) is 0.900. The number of amides is 2. The molecule has 2 unspecified atom stereocenters. The molecule has 3 fully saturated rings. The third-order valence-electron chi connectivity index (χ3n) is 6.41. The number of piperidine rings is 1. The van der Waals surface area contributed by atoms with E-state index in [4.69, 9.17) is 0 Å². The maximum atomic E-state index is 13.3. The Balaban J connectivity index is 1.64. The topological polar surface area (TPSA) is 86.8 Å². The minimum Gasteiger partial charge on any atom is -0.352 e. The highest BCUT2D eigenvalue weighted by molar-refractivity contribution is 7.91. The largest absolute Gasteiger partial charge is 0.352 e. The molecule has 2 heterocycles. The number of carbonyl (C=O) groups is 2. The van der Waals surface area contributed by atoms with Crippen molar-refractivity contribution in [1.82, 2.24) is 15.1 Å². The fourth-order valence-electron chi connectivity index (χ4n) is 4.98. The summed E-state index contributed by atoms with van der Waals surface area (Å²) in [6, 6.07) is 0.116. The maximum Gasteiger partial charge on any atom is 0.237 e. The van der Waals surface area contributed by atoms with E-state index in [1.807, 2.05) is 11.8 Å². The summed E-state index contributed by atoms with van der Waals surface area (Å²) in [6.45, 7) is 3.72. The monoisotopic (exact) mass is 413 g/mol. The zero-order chi connectivity index (χ0) is 20.1. The first-order chi connectivity index (χ1) is 13.4. The van der Waals surface area contributed by atoms with Gasteiger partial charge in [-0.15, -0.1) is 0 Å². The van der Waals surface area contributed by atoms with Crippen molar-refractivity contribution in [3.05, 3.63) is 0 Å². The highest BCUT2D eigenvalue weighted by Gasteiger charge is 2.39. The summed E-state index contributed by atoms with van der Waals surface area (Å²) in [5, 5.41) is 3.05. The van der Waals surface area contributed by atoms with Crippen LogP contribution >= 0.6 is 0 Å². The van der Waals surface area contributed by atoms with Crippen molar-refractivity contribution in [3.8, 4) is 0 Å². The van der Waals surface area contributed by atoms with Crippen LogP contribution in [0.3, 0.4) is 0 Å². The Morgan fingerprint density at radius 2 is 1.79 bits per heavy atom. The van der Waals surface area contributed by atoms with Crippen molar-refractivity contribution in [2.45, 2.75) is 82.8 Å². The molecular formula is C20H35N3O4S. The smallest absolute Gasteiger partial charge is 0.237 e. The molecule has 3 aliphatic rings. The van der Waals surface area contributed by atoms with Gasteiger partial charge in [-0.2, -0.15) is 0 Å². The van der Waals surface area contributed by atoms with E-state index in [0.29, 0.717) is 25.9 Å². The molecule has 3 rings (SSSR count). The number of hydrogen-bond acceptors (Lipinski definition) is 5. The Kier molecular flexibility index (Phi) is 7.36. The molecule has 2 atom stereocenters. The van der Waals surface area contributed by atoms with Crippen molar-refractivity contribution < 1.29 is 18.0 Å². The minimum absolute atomic E-state index is 0.0539. The number of hydrogen-bond donors (Lipinski definition) is 1. The third-order valence-corrected chi connectivity index (χ3v) is 8.16. The summed E-state index contributed by atoms with van der Waals surface area (Å²) < 4.78 is 24.1. The van der Waals surface area contributed by atoms with Gasteiger partial charge in [0.2, 0.25) is 11.8 Å². The molecule has 2 saturated heterocycles. The lowest BCUT2D eigenvalue weighted by Crippen LogP contribution is -2.54. The summed E-state index contributed by atoms with van der Waals surface area (Å²) in [6.07, 6.45) is 8.35. The fourth-order valence-corrected chi connectivity index (χ4v) is 6.69. The molecule has 160 valence electrons. The molecular weight excluding hydrogens is 378 g/mol. The van der Waals surface area contributed by atoms with Crippen LogP contribution in [-0.4, -0.2) is 79.3 Å². The second kappa shape index (κ2) is 9.57. The van der Waals surface area contributed by atoms with Gasteiger partial charge in [-0.05, 0) is 38.6 Å². The Morgan fingerprint density at radius 1 is 1.04 bits per heavy atom. The second-order valence-electron chi connectivity index (χ2n) is 8.65. The zero-order valence-electron chi connectivity index (χ0n) is 17.1. The molecule has 2 amide bonds. The van der Waals surface area contributed by atoms with Crippen molar-refractivity contribution in [2.24, 2.45) is 0 Å². The molecule has 1 saturated carbocycles. The van der Waals surface area contributed by atoms with Gasteiger partial charge in [0, 0.05) is 31.1 Å². The molecule has 0 bridgehead atoms. The standard InChI is InChI=1S/C20H35N3O4S/c1-2-19(24)21-16-7-6-11-22(13-16)14-20(25)23(17-8-4-3-5-9-17)18-10-12-28(26,27)15-18/h16-18H,2-15H2,1H3,(H,21,24). The van der Waals surface area contributed by atoms with Crippen LogP contribution in [0, 0.1) is 0 Å². The summed E-state index contributed by atoms with van der Waals surface area (Å²) in [5.74, 6) is 0.433. The first-order valence-corrected chi connectivity index (χ1v) is 12.7. The lowest BCUT2D eigenvalue weighted by Gasteiger charge is -2.40. The van der Waals surface area contributed by atoms with E-state index in [1.165, 1.54) is 6.42 Å². The predicted molar refractivity (Wildman–Crippen MR) is 109 cm³/mol. The number of rotatable bonds is 6. The van der Waals surface area contributed by atoms with E-state index in [9.17, 15) is 18.0 Å². The number of sulfone groups is 1. The highest BCUT2D eigenvalue weighted by Crippen LogP contribution is 2.28. The Bertz CT molecular complexity index is 660. The van der Waals surface area contributed by atoms with Crippen LogP contribution in [0.25, 0.3) is 0 Å². The van der Waals surface area contributed by atoms with Gasteiger partial charge in [0.15, 0.2) is 9.84 Å². The summed E-state index contributed by atoms with van der Waals surface area (Å²) >= 11 is 0. The lowest BCUT2D eigenvalue weighted by atomic mass is 9.92. The molecule has 0 aromatic carbocycles. The van der Waals surface area contributed by atoms with Crippen LogP contribution < -0.4 is 5.32 Å². The van der Waals surface area contributed by atoms with E-state index in [-0.39, 0.29) is 41.4 Å². The summed E-state index contributed by atoms with van der Waals surface area (Å²) in [4.78, 5) is 29.1. The summed E-state index contributed by atoms with van der Waals surface area (Å²) in [5.41, 5.74) is 0. The van der Waals surface area contributed by atoms with Crippen molar-refractivity contribution in [1.29, 1.82) is 0 Å². The molecule has 2 aliphatic heterocycles. The molecule has 0 aromatic rings. The molecule has 0 aromatic heterocycles. The van der Waals surface area contributed by atoms with E-state index in [1.54, 1.807) is 0 Å². The normalized spacial score (nSPS) is 28.8.